The molecular formula is C20H17FO5. The maximum Gasteiger partial charge on any atom is 0.514 e. The number of ether oxygens (including phenoxy) is 3. The van der Waals surface area contributed by atoms with Crippen LogP contribution in [0.2, 0.25) is 0 Å². The summed E-state index contributed by atoms with van der Waals surface area (Å²) in [5.41, 5.74) is 1.15. The van der Waals surface area contributed by atoms with Crippen LogP contribution < -0.4 is 9.47 Å². The summed E-state index contributed by atoms with van der Waals surface area (Å²) in [7, 11) is 0. The average Bonchev–Trinajstić information content (AvgIpc) is 2.61. The van der Waals surface area contributed by atoms with E-state index in [1.807, 2.05) is 0 Å². The molecule has 0 atom stereocenters. The van der Waals surface area contributed by atoms with Crippen LogP contribution in [0.3, 0.4) is 0 Å². The Morgan fingerprint density at radius 1 is 1.08 bits per heavy atom. The number of esters is 1. The van der Waals surface area contributed by atoms with Crippen LogP contribution in [0.1, 0.15) is 6.92 Å². The summed E-state index contributed by atoms with van der Waals surface area (Å²) >= 11 is 0. The fourth-order valence-corrected chi connectivity index (χ4v) is 1.94. The molecule has 0 N–H and O–H groups in total. The first kappa shape index (κ1) is 18.9. The second-order valence-electron chi connectivity index (χ2n) is 5.29. The van der Waals surface area contributed by atoms with Gasteiger partial charge >= 0.3 is 12.1 Å². The highest BCUT2D eigenvalue weighted by atomic mass is 19.1. The van der Waals surface area contributed by atoms with Crippen LogP contribution in [0.25, 0.3) is 11.1 Å². The third kappa shape index (κ3) is 5.04. The molecule has 5 nitrogen and oxygen atoms in total. The zero-order chi connectivity index (χ0) is 19.1. The summed E-state index contributed by atoms with van der Waals surface area (Å²) in [6, 6.07) is 10.3. The summed E-state index contributed by atoms with van der Waals surface area (Å²) in [6.07, 6.45) is 0.447. The van der Waals surface area contributed by atoms with Crippen molar-refractivity contribution in [1.82, 2.24) is 0 Å². The van der Waals surface area contributed by atoms with Crippen molar-refractivity contribution in [3.05, 3.63) is 73.1 Å². The minimum Gasteiger partial charge on any atom is -0.430 e. The first-order valence-corrected chi connectivity index (χ1v) is 7.64. The molecule has 0 aliphatic heterocycles. The molecule has 134 valence electrons. The molecule has 26 heavy (non-hydrogen) atoms. The monoisotopic (exact) mass is 356 g/mol. The Hall–Kier alpha value is -3.41. The molecule has 2 aromatic carbocycles. The van der Waals surface area contributed by atoms with E-state index in [0.717, 1.165) is 6.07 Å². The van der Waals surface area contributed by atoms with Gasteiger partial charge in [0.15, 0.2) is 0 Å². The average molecular weight is 356 g/mol. The third-order valence-corrected chi connectivity index (χ3v) is 3.19. The molecule has 6 heteroatoms. The largest absolute Gasteiger partial charge is 0.514 e. The molecule has 0 aromatic heterocycles. The number of rotatable bonds is 6. The normalized spacial score (nSPS) is 9.92. The van der Waals surface area contributed by atoms with Gasteiger partial charge in [-0.1, -0.05) is 31.4 Å². The molecule has 0 unspecified atom stereocenters. The summed E-state index contributed by atoms with van der Waals surface area (Å²) in [5, 5.41) is 0. The van der Waals surface area contributed by atoms with E-state index in [2.05, 4.69) is 17.9 Å². The highest BCUT2D eigenvalue weighted by Crippen LogP contribution is 2.28. The molecule has 0 heterocycles. The van der Waals surface area contributed by atoms with Gasteiger partial charge in [0.25, 0.3) is 0 Å². The van der Waals surface area contributed by atoms with E-state index in [-0.39, 0.29) is 17.9 Å². The van der Waals surface area contributed by atoms with E-state index < -0.39 is 17.9 Å². The molecule has 0 radical (unpaired) electrons. The number of carbonyl (C=O) groups excluding carboxylic acids is 2. The lowest BCUT2D eigenvalue weighted by Crippen LogP contribution is -2.10. The van der Waals surface area contributed by atoms with E-state index in [1.165, 1.54) is 18.2 Å². The number of carbonyl (C=O) groups is 2. The van der Waals surface area contributed by atoms with E-state index in [4.69, 9.17) is 9.47 Å². The highest BCUT2D eigenvalue weighted by molar-refractivity contribution is 5.88. The van der Waals surface area contributed by atoms with Gasteiger partial charge in [-0.05, 0) is 36.8 Å². The van der Waals surface area contributed by atoms with Crippen molar-refractivity contribution < 1.29 is 28.2 Å². The summed E-state index contributed by atoms with van der Waals surface area (Å²) in [4.78, 5) is 22.8. The van der Waals surface area contributed by atoms with Gasteiger partial charge in [-0.2, -0.15) is 0 Å². The standard InChI is InChI=1S/C20H17FO5/c1-4-11-24-20(23)26-16-9-10-17(18(21)12-16)14-5-7-15(8-6-14)25-19(22)13(2)3/h4-10,12H,1-2,11H2,3H3. The molecule has 0 aliphatic carbocycles. The van der Waals surface area contributed by atoms with Gasteiger partial charge in [0.05, 0.1) is 0 Å². The van der Waals surface area contributed by atoms with E-state index in [0.29, 0.717) is 16.9 Å². The lowest BCUT2D eigenvalue weighted by molar-refractivity contribution is -0.130. The van der Waals surface area contributed by atoms with Crippen molar-refractivity contribution in [2.75, 3.05) is 6.61 Å². The van der Waals surface area contributed by atoms with E-state index in [9.17, 15) is 14.0 Å². The summed E-state index contributed by atoms with van der Waals surface area (Å²) in [6.45, 7) is 8.45. The molecule has 0 saturated carbocycles. The Kier molecular flexibility index (Phi) is 6.27. The molecule has 2 rings (SSSR count). The minimum atomic E-state index is -0.944. The van der Waals surface area contributed by atoms with Crippen LogP contribution in [-0.2, 0) is 9.53 Å². The van der Waals surface area contributed by atoms with Crippen LogP contribution in [0, 0.1) is 5.82 Å². The maximum atomic E-state index is 14.3. The van der Waals surface area contributed by atoms with Gasteiger partial charge in [0.2, 0.25) is 0 Å². The van der Waals surface area contributed by atoms with Crippen molar-refractivity contribution in [1.29, 1.82) is 0 Å². The van der Waals surface area contributed by atoms with Crippen molar-refractivity contribution in [3.63, 3.8) is 0 Å². The molecule has 0 amide bonds. The van der Waals surface area contributed by atoms with Crippen LogP contribution in [0.5, 0.6) is 11.5 Å². The number of halogens is 1. The van der Waals surface area contributed by atoms with Gasteiger partial charge in [-0.25, -0.2) is 14.0 Å². The Bertz CT molecular complexity index is 840. The molecule has 0 aliphatic rings. The Morgan fingerprint density at radius 2 is 1.73 bits per heavy atom. The van der Waals surface area contributed by atoms with Gasteiger partial charge < -0.3 is 14.2 Å². The smallest absolute Gasteiger partial charge is 0.430 e. The second kappa shape index (κ2) is 8.62. The van der Waals surface area contributed by atoms with Gasteiger partial charge in [0, 0.05) is 17.2 Å². The molecule has 0 fully saturated rings. The first-order chi connectivity index (χ1) is 12.4. The van der Waals surface area contributed by atoms with Crippen LogP contribution >= 0.6 is 0 Å². The van der Waals surface area contributed by atoms with Crippen molar-refractivity contribution in [2.24, 2.45) is 0 Å². The number of benzene rings is 2. The molecule has 0 bridgehead atoms. The summed E-state index contributed by atoms with van der Waals surface area (Å²) in [5.74, 6) is -0.765. The predicted octanol–water partition coefficient (Wildman–Crippen LogP) is 4.68. The Balaban J connectivity index is 2.11. The number of hydrogen-bond donors (Lipinski definition) is 0. The molecule has 0 spiro atoms. The van der Waals surface area contributed by atoms with Crippen LogP contribution in [0.4, 0.5) is 9.18 Å². The van der Waals surface area contributed by atoms with Crippen molar-refractivity contribution >= 4 is 12.1 Å². The zero-order valence-electron chi connectivity index (χ0n) is 14.2. The Morgan fingerprint density at radius 3 is 2.31 bits per heavy atom. The van der Waals surface area contributed by atoms with Gasteiger partial charge in [-0.15, -0.1) is 0 Å². The van der Waals surface area contributed by atoms with Gasteiger partial charge in [0.1, 0.15) is 23.9 Å². The van der Waals surface area contributed by atoms with Crippen molar-refractivity contribution in [2.45, 2.75) is 6.92 Å². The predicted molar refractivity (Wildman–Crippen MR) is 94.5 cm³/mol. The van der Waals surface area contributed by atoms with Gasteiger partial charge in [-0.3, -0.25) is 0 Å². The highest BCUT2D eigenvalue weighted by Gasteiger charge is 2.11. The summed E-state index contributed by atoms with van der Waals surface area (Å²) < 4.78 is 28.9. The quantitative estimate of drug-likeness (QED) is 0.247. The topological polar surface area (TPSA) is 61.8 Å². The SMILES string of the molecule is C=CCOC(=O)Oc1ccc(-c2ccc(OC(=O)C(=C)C)cc2)c(F)c1. The molecule has 0 saturated heterocycles. The third-order valence-electron chi connectivity index (χ3n) is 3.19. The maximum absolute atomic E-state index is 14.3. The van der Waals surface area contributed by atoms with Crippen molar-refractivity contribution in [3.8, 4) is 22.6 Å². The van der Waals surface area contributed by atoms with E-state index in [1.54, 1.807) is 31.2 Å². The number of hydrogen-bond acceptors (Lipinski definition) is 5. The Labute approximate surface area is 150 Å². The van der Waals surface area contributed by atoms with Crippen LogP contribution in [-0.4, -0.2) is 18.7 Å². The lowest BCUT2D eigenvalue weighted by atomic mass is 10.0. The lowest BCUT2D eigenvalue weighted by Gasteiger charge is -2.08. The minimum absolute atomic E-state index is 0.00169. The fourth-order valence-electron chi connectivity index (χ4n) is 1.94. The first-order valence-electron chi connectivity index (χ1n) is 7.64. The second-order valence-corrected chi connectivity index (χ2v) is 5.29. The fraction of sp³-hybridized carbons (Fsp3) is 0.100. The van der Waals surface area contributed by atoms with Crippen LogP contribution in [0.15, 0.2) is 67.3 Å². The zero-order valence-corrected chi connectivity index (χ0v) is 14.2. The molecular weight excluding hydrogens is 339 g/mol. The van der Waals surface area contributed by atoms with E-state index >= 15 is 0 Å². The molecule has 2 aromatic rings.